The van der Waals surface area contributed by atoms with Gasteiger partial charge in [-0.2, -0.15) is 0 Å². The molecule has 2 heterocycles. The number of nitrogens with one attached hydrogen (secondary N) is 1. The number of rotatable bonds is 4. The van der Waals surface area contributed by atoms with E-state index >= 15 is 0 Å². The fourth-order valence-electron chi connectivity index (χ4n) is 3.31. The molecule has 0 aromatic heterocycles. The van der Waals surface area contributed by atoms with E-state index in [-0.39, 0.29) is 5.91 Å². The Morgan fingerprint density at radius 2 is 1.96 bits per heavy atom. The van der Waals surface area contributed by atoms with Gasteiger partial charge in [-0.15, -0.1) is 0 Å². The van der Waals surface area contributed by atoms with Gasteiger partial charge < -0.3 is 15.0 Å². The third kappa shape index (κ3) is 4.25. The lowest BCUT2D eigenvalue weighted by atomic mass is 10.2. The van der Waals surface area contributed by atoms with E-state index in [1.54, 1.807) is 0 Å². The van der Waals surface area contributed by atoms with E-state index in [1.807, 2.05) is 36.1 Å². The Labute approximate surface area is 146 Å². The van der Waals surface area contributed by atoms with E-state index in [4.69, 9.17) is 4.74 Å². The summed E-state index contributed by atoms with van der Waals surface area (Å²) < 4.78 is 6.79. The first kappa shape index (κ1) is 16.7. The molecule has 2 aliphatic rings. The Bertz CT molecular complexity index is 531. The highest BCUT2D eigenvalue weighted by Gasteiger charge is 2.33. The van der Waals surface area contributed by atoms with Gasteiger partial charge in [0, 0.05) is 49.8 Å². The summed E-state index contributed by atoms with van der Waals surface area (Å²) in [6.45, 7) is 7.76. The Hall–Kier alpha value is -1.11. The predicted molar refractivity (Wildman–Crippen MR) is 93.7 cm³/mol. The number of benzene rings is 1. The van der Waals surface area contributed by atoms with Crippen LogP contribution in [-0.4, -0.2) is 67.1 Å². The highest BCUT2D eigenvalue weighted by molar-refractivity contribution is 9.10. The summed E-state index contributed by atoms with van der Waals surface area (Å²) in [5.74, 6) is 0.817. The normalized spacial score (nSPS) is 23.7. The molecule has 2 aliphatic heterocycles. The third-order valence-electron chi connectivity index (χ3n) is 4.62. The van der Waals surface area contributed by atoms with Gasteiger partial charge in [-0.1, -0.05) is 15.9 Å². The molecule has 2 atom stereocenters. The van der Waals surface area contributed by atoms with E-state index < -0.39 is 6.10 Å². The monoisotopic (exact) mass is 381 g/mol. The molecule has 0 aliphatic carbocycles. The van der Waals surface area contributed by atoms with Crippen LogP contribution in [0.5, 0.6) is 5.75 Å². The molecule has 0 radical (unpaired) electrons. The van der Waals surface area contributed by atoms with Crippen LogP contribution in [0.25, 0.3) is 0 Å². The fraction of sp³-hybridized carbons (Fsp3) is 0.588. The SMILES string of the molecule is CC(Oc1ccc(Br)cc1)C(=O)N1CCC(N2CCNCC2)C1. The molecule has 1 aromatic rings. The van der Waals surface area contributed by atoms with Gasteiger partial charge in [0.25, 0.3) is 5.91 Å². The van der Waals surface area contributed by atoms with Crippen molar-refractivity contribution in [2.75, 3.05) is 39.3 Å². The van der Waals surface area contributed by atoms with Crippen molar-refractivity contribution in [2.45, 2.75) is 25.5 Å². The van der Waals surface area contributed by atoms with Crippen molar-refractivity contribution in [2.24, 2.45) is 0 Å². The number of piperazine rings is 1. The largest absolute Gasteiger partial charge is 0.481 e. The first-order valence-electron chi connectivity index (χ1n) is 8.29. The van der Waals surface area contributed by atoms with Crippen molar-refractivity contribution >= 4 is 21.8 Å². The van der Waals surface area contributed by atoms with E-state index in [9.17, 15) is 4.79 Å². The van der Waals surface area contributed by atoms with Crippen molar-refractivity contribution in [1.82, 2.24) is 15.1 Å². The maximum absolute atomic E-state index is 12.6. The second kappa shape index (κ2) is 7.64. The van der Waals surface area contributed by atoms with Crippen molar-refractivity contribution in [3.8, 4) is 5.75 Å². The van der Waals surface area contributed by atoms with Crippen LogP contribution in [0.4, 0.5) is 0 Å². The fourth-order valence-corrected chi connectivity index (χ4v) is 3.58. The Kier molecular flexibility index (Phi) is 5.56. The molecule has 0 spiro atoms. The minimum Gasteiger partial charge on any atom is -0.481 e. The van der Waals surface area contributed by atoms with Crippen LogP contribution in [-0.2, 0) is 4.79 Å². The van der Waals surface area contributed by atoms with Crippen LogP contribution < -0.4 is 10.1 Å². The first-order valence-corrected chi connectivity index (χ1v) is 9.08. The second-order valence-corrected chi connectivity index (χ2v) is 7.14. The van der Waals surface area contributed by atoms with Crippen LogP contribution in [0, 0.1) is 0 Å². The van der Waals surface area contributed by atoms with E-state index in [2.05, 4.69) is 26.1 Å². The zero-order valence-electron chi connectivity index (χ0n) is 13.5. The molecule has 2 fully saturated rings. The number of nitrogens with zero attached hydrogens (tertiary/aromatic N) is 2. The van der Waals surface area contributed by atoms with Crippen LogP contribution in [0.1, 0.15) is 13.3 Å². The smallest absolute Gasteiger partial charge is 0.263 e. The molecule has 6 heteroatoms. The van der Waals surface area contributed by atoms with E-state index in [0.717, 1.165) is 55.9 Å². The van der Waals surface area contributed by atoms with Crippen molar-refractivity contribution in [3.05, 3.63) is 28.7 Å². The molecular weight excluding hydrogens is 358 g/mol. The van der Waals surface area contributed by atoms with Gasteiger partial charge in [0.15, 0.2) is 6.10 Å². The summed E-state index contributed by atoms with van der Waals surface area (Å²) in [6.07, 6.45) is 0.620. The lowest BCUT2D eigenvalue weighted by molar-refractivity contribution is -0.137. The number of amides is 1. The van der Waals surface area contributed by atoms with Gasteiger partial charge >= 0.3 is 0 Å². The van der Waals surface area contributed by atoms with E-state index in [1.165, 1.54) is 0 Å². The Morgan fingerprint density at radius 3 is 2.65 bits per heavy atom. The molecule has 23 heavy (non-hydrogen) atoms. The highest BCUT2D eigenvalue weighted by atomic mass is 79.9. The summed E-state index contributed by atoms with van der Waals surface area (Å²) in [4.78, 5) is 17.1. The van der Waals surface area contributed by atoms with Gasteiger partial charge in [-0.3, -0.25) is 9.69 Å². The molecular formula is C17H24BrN3O2. The van der Waals surface area contributed by atoms with Crippen molar-refractivity contribution in [3.63, 3.8) is 0 Å². The predicted octanol–water partition coefficient (Wildman–Crippen LogP) is 1.72. The minimum absolute atomic E-state index is 0.0885. The molecule has 2 saturated heterocycles. The lowest BCUT2D eigenvalue weighted by Crippen LogP contribution is -2.50. The molecule has 0 saturated carbocycles. The standard InChI is InChI=1S/C17H24BrN3O2/c1-13(23-16-4-2-14(18)3-5-16)17(22)21-9-6-15(12-21)20-10-7-19-8-11-20/h2-5,13,15,19H,6-12H2,1H3. The van der Waals surface area contributed by atoms with Gasteiger partial charge in [0.05, 0.1) is 0 Å². The maximum atomic E-state index is 12.6. The van der Waals surface area contributed by atoms with Gasteiger partial charge in [-0.05, 0) is 37.6 Å². The molecule has 1 aromatic carbocycles. The first-order chi connectivity index (χ1) is 11.1. The minimum atomic E-state index is -0.446. The summed E-state index contributed by atoms with van der Waals surface area (Å²) in [6, 6.07) is 8.09. The number of hydrogen-bond acceptors (Lipinski definition) is 4. The average molecular weight is 382 g/mol. The number of hydrogen-bond donors (Lipinski definition) is 1. The third-order valence-corrected chi connectivity index (χ3v) is 5.15. The zero-order chi connectivity index (χ0) is 16.2. The molecule has 126 valence electrons. The Balaban J connectivity index is 1.52. The maximum Gasteiger partial charge on any atom is 0.263 e. The van der Waals surface area contributed by atoms with Crippen LogP contribution >= 0.6 is 15.9 Å². The lowest BCUT2D eigenvalue weighted by Gasteiger charge is -2.32. The quantitative estimate of drug-likeness (QED) is 0.862. The molecule has 2 unspecified atom stereocenters. The molecule has 1 N–H and O–H groups in total. The average Bonchev–Trinajstić information content (AvgIpc) is 3.07. The number of carbonyl (C=O) groups is 1. The van der Waals surface area contributed by atoms with Crippen molar-refractivity contribution in [1.29, 1.82) is 0 Å². The van der Waals surface area contributed by atoms with Crippen LogP contribution in [0.15, 0.2) is 28.7 Å². The summed E-state index contributed by atoms with van der Waals surface area (Å²) >= 11 is 3.40. The van der Waals surface area contributed by atoms with E-state index in [0.29, 0.717) is 6.04 Å². The van der Waals surface area contributed by atoms with Gasteiger partial charge in [0.1, 0.15) is 5.75 Å². The number of carbonyl (C=O) groups excluding carboxylic acids is 1. The van der Waals surface area contributed by atoms with Gasteiger partial charge in [0.2, 0.25) is 0 Å². The molecule has 1 amide bonds. The summed E-state index contributed by atoms with van der Waals surface area (Å²) in [7, 11) is 0. The summed E-state index contributed by atoms with van der Waals surface area (Å²) in [5, 5.41) is 3.38. The number of ether oxygens (including phenoxy) is 1. The topological polar surface area (TPSA) is 44.8 Å². The number of likely N-dealkylation sites (tertiary alicyclic amines) is 1. The van der Waals surface area contributed by atoms with Crippen molar-refractivity contribution < 1.29 is 9.53 Å². The Morgan fingerprint density at radius 1 is 1.26 bits per heavy atom. The molecule has 3 rings (SSSR count). The van der Waals surface area contributed by atoms with Crippen LogP contribution in [0.3, 0.4) is 0 Å². The molecule has 0 bridgehead atoms. The molecule has 5 nitrogen and oxygen atoms in total. The van der Waals surface area contributed by atoms with Crippen LogP contribution in [0.2, 0.25) is 0 Å². The highest BCUT2D eigenvalue weighted by Crippen LogP contribution is 2.20. The zero-order valence-corrected chi connectivity index (χ0v) is 15.1. The number of halogens is 1. The summed E-state index contributed by atoms with van der Waals surface area (Å²) in [5.41, 5.74) is 0. The van der Waals surface area contributed by atoms with Gasteiger partial charge in [-0.25, -0.2) is 0 Å². The second-order valence-electron chi connectivity index (χ2n) is 6.23.